The minimum absolute atomic E-state index is 0.0332. The molecular formula is C26H34N2O4. The van der Waals surface area contributed by atoms with Gasteiger partial charge in [-0.05, 0) is 50.1 Å². The molecule has 0 saturated heterocycles. The van der Waals surface area contributed by atoms with Crippen molar-refractivity contribution in [1.82, 2.24) is 10.3 Å². The first kappa shape index (κ1) is 23.8. The Bertz CT molecular complexity index is 961. The van der Waals surface area contributed by atoms with Crippen LogP contribution < -0.4 is 10.1 Å². The summed E-state index contributed by atoms with van der Waals surface area (Å²) in [5.74, 6) is 0.265. The van der Waals surface area contributed by atoms with Crippen LogP contribution in [0.1, 0.15) is 76.8 Å². The molecule has 0 amide bonds. The molecule has 0 saturated carbocycles. The van der Waals surface area contributed by atoms with Crippen molar-refractivity contribution in [2.45, 2.75) is 77.5 Å². The Morgan fingerprint density at radius 1 is 1.09 bits per heavy atom. The van der Waals surface area contributed by atoms with Crippen LogP contribution in [-0.2, 0) is 11.3 Å². The number of benzene rings is 2. The second-order valence-electron chi connectivity index (χ2n) is 8.72. The van der Waals surface area contributed by atoms with Gasteiger partial charge in [0.2, 0.25) is 5.89 Å². The van der Waals surface area contributed by atoms with Crippen LogP contribution in [0, 0.1) is 0 Å². The summed E-state index contributed by atoms with van der Waals surface area (Å²) in [6.45, 7) is 5.95. The molecule has 3 aromatic rings. The van der Waals surface area contributed by atoms with Crippen molar-refractivity contribution in [2.24, 2.45) is 0 Å². The summed E-state index contributed by atoms with van der Waals surface area (Å²) in [6.07, 6.45) is 7.05. The summed E-state index contributed by atoms with van der Waals surface area (Å²) in [6, 6.07) is 15.4. The van der Waals surface area contributed by atoms with Crippen LogP contribution in [0.15, 0.2) is 52.9 Å². The molecule has 2 N–H and O–H groups in total. The van der Waals surface area contributed by atoms with Crippen LogP contribution in [0.5, 0.6) is 5.75 Å². The molecular weight excluding hydrogens is 404 g/mol. The predicted octanol–water partition coefficient (Wildman–Crippen LogP) is 6.26. The summed E-state index contributed by atoms with van der Waals surface area (Å²) < 4.78 is 11.6. The van der Waals surface area contributed by atoms with Crippen LogP contribution in [0.25, 0.3) is 11.1 Å². The number of unbranched alkanes of at least 4 members (excludes halogenated alkanes) is 4. The van der Waals surface area contributed by atoms with Crippen molar-refractivity contribution in [2.75, 3.05) is 0 Å². The van der Waals surface area contributed by atoms with Gasteiger partial charge < -0.3 is 19.6 Å². The minimum Gasteiger partial charge on any atom is -0.478 e. The van der Waals surface area contributed by atoms with Crippen LogP contribution in [0.4, 0.5) is 0 Å². The molecule has 1 atom stereocenters. The van der Waals surface area contributed by atoms with E-state index >= 15 is 0 Å². The minimum atomic E-state index is -1.27. The molecule has 1 heterocycles. The van der Waals surface area contributed by atoms with E-state index in [9.17, 15) is 9.90 Å². The first-order valence-electron chi connectivity index (χ1n) is 11.5. The summed E-state index contributed by atoms with van der Waals surface area (Å²) in [7, 11) is 0. The molecule has 2 aromatic carbocycles. The van der Waals surface area contributed by atoms with Crippen LogP contribution in [0.2, 0.25) is 0 Å². The van der Waals surface area contributed by atoms with Gasteiger partial charge in [-0.25, -0.2) is 9.78 Å². The Morgan fingerprint density at radius 3 is 2.50 bits per heavy atom. The standard InChI is InChI=1S/C26H34N2O4/c1-4-5-6-7-8-12-22(24-28-21-11-9-10-13-23(21)31-24)27-18-19-14-16-20(17-15-19)32-26(2,3)25(29)30/h9-11,13-17,22,27H,4-8,12,18H2,1-3H3,(H,29,30). The third kappa shape index (κ3) is 6.57. The largest absolute Gasteiger partial charge is 0.478 e. The lowest BCUT2D eigenvalue weighted by Gasteiger charge is -2.21. The number of rotatable bonds is 13. The molecule has 0 radical (unpaired) electrons. The Kier molecular flexibility index (Phi) is 8.28. The fourth-order valence-corrected chi connectivity index (χ4v) is 3.56. The normalized spacial score (nSPS) is 12.7. The lowest BCUT2D eigenvalue weighted by Crippen LogP contribution is -2.37. The fraction of sp³-hybridized carbons (Fsp3) is 0.462. The molecule has 172 valence electrons. The Labute approximate surface area is 190 Å². The maximum Gasteiger partial charge on any atom is 0.347 e. The van der Waals surface area contributed by atoms with E-state index < -0.39 is 11.6 Å². The number of carboxylic acid groups (broad SMARTS) is 1. The van der Waals surface area contributed by atoms with Gasteiger partial charge in [0.05, 0.1) is 6.04 Å². The highest BCUT2D eigenvalue weighted by molar-refractivity contribution is 5.76. The van der Waals surface area contributed by atoms with E-state index in [1.807, 2.05) is 36.4 Å². The Hall–Kier alpha value is -2.86. The highest BCUT2D eigenvalue weighted by Gasteiger charge is 2.29. The fourth-order valence-electron chi connectivity index (χ4n) is 3.56. The van der Waals surface area contributed by atoms with Crippen molar-refractivity contribution < 1.29 is 19.1 Å². The quantitative estimate of drug-likeness (QED) is 0.306. The van der Waals surface area contributed by atoms with Gasteiger partial charge in [0, 0.05) is 6.54 Å². The van der Waals surface area contributed by atoms with Gasteiger partial charge in [-0.3, -0.25) is 0 Å². The van der Waals surface area contributed by atoms with Crippen molar-refractivity contribution in [3.05, 3.63) is 60.0 Å². The third-order valence-electron chi connectivity index (χ3n) is 5.57. The SMILES string of the molecule is CCCCCCCC(NCc1ccc(OC(C)(C)C(=O)O)cc1)c1nc2ccccc2o1. The maximum atomic E-state index is 11.3. The topological polar surface area (TPSA) is 84.6 Å². The molecule has 0 aliphatic carbocycles. The van der Waals surface area contributed by atoms with Gasteiger partial charge in [0.1, 0.15) is 11.3 Å². The van der Waals surface area contributed by atoms with Crippen LogP contribution in [-0.4, -0.2) is 21.7 Å². The zero-order valence-electron chi connectivity index (χ0n) is 19.3. The lowest BCUT2D eigenvalue weighted by atomic mass is 10.1. The molecule has 0 spiro atoms. The second-order valence-corrected chi connectivity index (χ2v) is 8.72. The molecule has 1 unspecified atom stereocenters. The van der Waals surface area contributed by atoms with Gasteiger partial charge in [-0.15, -0.1) is 0 Å². The van der Waals surface area contributed by atoms with Crippen molar-refractivity contribution in [3.63, 3.8) is 0 Å². The number of aromatic nitrogens is 1. The number of nitrogens with zero attached hydrogens (tertiary/aromatic N) is 1. The maximum absolute atomic E-state index is 11.3. The Morgan fingerprint density at radius 2 is 1.81 bits per heavy atom. The van der Waals surface area contributed by atoms with Gasteiger partial charge in [-0.2, -0.15) is 0 Å². The number of para-hydroxylation sites is 2. The molecule has 6 nitrogen and oxygen atoms in total. The molecule has 0 fully saturated rings. The molecule has 3 rings (SSSR count). The van der Waals surface area contributed by atoms with Crippen molar-refractivity contribution >= 4 is 17.1 Å². The summed E-state index contributed by atoms with van der Waals surface area (Å²) in [5.41, 5.74) is 1.50. The number of hydrogen-bond donors (Lipinski definition) is 2. The molecule has 1 aromatic heterocycles. The molecule has 0 bridgehead atoms. The lowest BCUT2D eigenvalue weighted by molar-refractivity contribution is -0.152. The molecule has 0 aliphatic rings. The van der Waals surface area contributed by atoms with Crippen LogP contribution >= 0.6 is 0 Å². The van der Waals surface area contributed by atoms with E-state index in [0.717, 1.165) is 35.4 Å². The molecule has 0 aliphatic heterocycles. The van der Waals surface area contributed by atoms with E-state index in [1.165, 1.54) is 39.5 Å². The molecule has 32 heavy (non-hydrogen) atoms. The van der Waals surface area contributed by atoms with Gasteiger partial charge in [0.25, 0.3) is 0 Å². The van der Waals surface area contributed by atoms with E-state index in [2.05, 4.69) is 12.2 Å². The van der Waals surface area contributed by atoms with Gasteiger partial charge >= 0.3 is 5.97 Å². The number of nitrogens with one attached hydrogen (secondary N) is 1. The first-order valence-corrected chi connectivity index (χ1v) is 11.5. The highest BCUT2D eigenvalue weighted by Crippen LogP contribution is 2.25. The number of aliphatic carboxylic acids is 1. The van der Waals surface area contributed by atoms with Crippen LogP contribution in [0.3, 0.4) is 0 Å². The Balaban J connectivity index is 1.64. The smallest absolute Gasteiger partial charge is 0.347 e. The van der Waals surface area contributed by atoms with E-state index in [0.29, 0.717) is 12.3 Å². The monoisotopic (exact) mass is 438 g/mol. The second kappa shape index (κ2) is 11.1. The number of fused-ring (bicyclic) bond motifs is 1. The summed E-state index contributed by atoms with van der Waals surface area (Å²) in [4.78, 5) is 16.0. The number of carbonyl (C=O) groups is 1. The van der Waals surface area contributed by atoms with E-state index in [-0.39, 0.29) is 6.04 Å². The predicted molar refractivity (Wildman–Crippen MR) is 126 cm³/mol. The zero-order chi connectivity index (χ0) is 23.0. The average Bonchev–Trinajstić information content (AvgIpc) is 3.20. The van der Waals surface area contributed by atoms with Crippen molar-refractivity contribution in [1.29, 1.82) is 0 Å². The van der Waals surface area contributed by atoms with Gasteiger partial charge in [0.15, 0.2) is 11.2 Å². The summed E-state index contributed by atoms with van der Waals surface area (Å²) >= 11 is 0. The first-order chi connectivity index (χ1) is 15.4. The summed E-state index contributed by atoms with van der Waals surface area (Å²) in [5, 5.41) is 12.8. The zero-order valence-corrected chi connectivity index (χ0v) is 19.3. The number of carboxylic acids is 1. The number of hydrogen-bond acceptors (Lipinski definition) is 5. The van der Waals surface area contributed by atoms with E-state index in [4.69, 9.17) is 14.1 Å². The number of oxazole rings is 1. The van der Waals surface area contributed by atoms with Gasteiger partial charge in [-0.1, -0.05) is 63.3 Å². The highest BCUT2D eigenvalue weighted by atomic mass is 16.5. The number of ether oxygens (including phenoxy) is 1. The van der Waals surface area contributed by atoms with E-state index in [1.54, 1.807) is 12.1 Å². The molecule has 6 heteroatoms. The van der Waals surface area contributed by atoms with Crippen molar-refractivity contribution in [3.8, 4) is 5.75 Å². The average molecular weight is 439 g/mol. The third-order valence-corrected chi connectivity index (χ3v) is 5.57.